The topological polar surface area (TPSA) is 104 Å². The molecule has 3 saturated heterocycles. The van der Waals surface area contributed by atoms with E-state index in [4.69, 9.17) is 27.9 Å². The van der Waals surface area contributed by atoms with Gasteiger partial charge in [-0.3, -0.25) is 19.4 Å². The Labute approximate surface area is 244 Å². The average Bonchev–Trinajstić information content (AvgIpc) is 3.54. The maximum Gasteiger partial charge on any atom is 0.306 e. The summed E-state index contributed by atoms with van der Waals surface area (Å²) in [4.78, 5) is 50.3. The number of piperazine rings is 1. The molecule has 1 atom stereocenters. The average molecular weight is 596 g/mol. The lowest BCUT2D eigenvalue weighted by Gasteiger charge is -2.37. The molecule has 3 aromatic rings. The minimum Gasteiger partial charge on any atom is -0.452 e. The summed E-state index contributed by atoms with van der Waals surface area (Å²) in [7, 11) is 0. The van der Waals surface area contributed by atoms with E-state index in [0.29, 0.717) is 64.8 Å². The van der Waals surface area contributed by atoms with E-state index in [-0.39, 0.29) is 17.8 Å². The van der Waals surface area contributed by atoms with Gasteiger partial charge in [-0.25, -0.2) is 4.99 Å². The zero-order valence-electron chi connectivity index (χ0n) is 21.1. The summed E-state index contributed by atoms with van der Waals surface area (Å²) >= 11 is 13.7. The summed E-state index contributed by atoms with van der Waals surface area (Å²) in [5.74, 6) is -0.689. The lowest BCUT2D eigenvalue weighted by atomic mass is 10.1. The minimum absolute atomic E-state index is 0.119. The van der Waals surface area contributed by atoms with Crippen LogP contribution in [0.1, 0.15) is 18.4 Å². The van der Waals surface area contributed by atoms with Gasteiger partial charge in [-0.1, -0.05) is 35.3 Å². The third-order valence-corrected chi connectivity index (χ3v) is 8.45. The van der Waals surface area contributed by atoms with Crippen LogP contribution in [0.4, 0.5) is 11.4 Å². The van der Waals surface area contributed by atoms with Crippen LogP contribution in [-0.4, -0.2) is 65.1 Å². The highest BCUT2D eigenvalue weighted by molar-refractivity contribution is 8.18. The van der Waals surface area contributed by atoms with E-state index in [1.807, 2.05) is 30.3 Å². The van der Waals surface area contributed by atoms with Crippen LogP contribution in [0.3, 0.4) is 0 Å². The molecule has 1 aromatic heterocycles. The second-order valence-electron chi connectivity index (χ2n) is 9.49. The van der Waals surface area contributed by atoms with Crippen molar-refractivity contribution in [3.63, 3.8) is 0 Å². The highest BCUT2D eigenvalue weighted by atomic mass is 35.5. The number of amides is 2. The molecular formula is C28H23Cl2N5O4S. The summed E-state index contributed by atoms with van der Waals surface area (Å²) in [6.07, 6.45) is 3.67. The third kappa shape index (κ3) is 5.39. The molecule has 3 aliphatic heterocycles. The van der Waals surface area contributed by atoms with E-state index in [1.165, 1.54) is 11.8 Å². The van der Waals surface area contributed by atoms with E-state index in [9.17, 15) is 14.4 Å². The summed E-state index contributed by atoms with van der Waals surface area (Å²) in [5, 5.41) is 4.91. The number of benzene rings is 2. The largest absolute Gasteiger partial charge is 0.452 e. The van der Waals surface area contributed by atoms with Crippen LogP contribution < -0.4 is 10.2 Å². The Morgan fingerprint density at radius 1 is 1.10 bits per heavy atom. The number of halogens is 2. The van der Waals surface area contributed by atoms with Crippen molar-refractivity contribution in [3.05, 3.63) is 69.2 Å². The summed E-state index contributed by atoms with van der Waals surface area (Å²) in [6, 6.07) is 12.9. The van der Waals surface area contributed by atoms with Gasteiger partial charge >= 0.3 is 5.97 Å². The van der Waals surface area contributed by atoms with Crippen molar-refractivity contribution in [1.29, 1.82) is 0 Å². The van der Waals surface area contributed by atoms with Crippen LogP contribution >= 0.6 is 35.0 Å². The van der Waals surface area contributed by atoms with Gasteiger partial charge in [0, 0.05) is 56.3 Å². The second-order valence-corrected chi connectivity index (χ2v) is 11.3. The fourth-order valence-corrected chi connectivity index (χ4v) is 6.22. The zero-order valence-corrected chi connectivity index (χ0v) is 23.4. The molecule has 0 bridgehead atoms. The minimum atomic E-state index is -0.658. The number of amidine groups is 1. The Morgan fingerprint density at radius 2 is 1.88 bits per heavy atom. The summed E-state index contributed by atoms with van der Waals surface area (Å²) in [6.45, 7) is 2.35. The van der Waals surface area contributed by atoms with Crippen LogP contribution in [0.5, 0.6) is 0 Å². The number of fused-ring (bicyclic) bond motifs is 1. The van der Waals surface area contributed by atoms with E-state index in [2.05, 4.69) is 20.2 Å². The third-order valence-electron chi connectivity index (χ3n) is 6.93. The van der Waals surface area contributed by atoms with Gasteiger partial charge in [0.25, 0.3) is 11.8 Å². The molecule has 0 radical (unpaired) electrons. The Kier molecular flexibility index (Phi) is 7.39. The van der Waals surface area contributed by atoms with E-state index < -0.39 is 6.10 Å². The van der Waals surface area contributed by atoms with Crippen LogP contribution in [0, 0.1) is 0 Å². The van der Waals surface area contributed by atoms with Crippen molar-refractivity contribution in [2.24, 2.45) is 4.99 Å². The molecule has 3 fully saturated rings. The van der Waals surface area contributed by atoms with Crippen molar-refractivity contribution < 1.29 is 19.1 Å². The second kappa shape index (κ2) is 11.1. The normalized spacial score (nSPS) is 21.4. The first kappa shape index (κ1) is 26.6. The van der Waals surface area contributed by atoms with Gasteiger partial charge in [0.15, 0.2) is 11.3 Å². The number of pyridine rings is 1. The molecule has 1 N–H and O–H groups in total. The Bertz CT molecular complexity index is 1580. The molecule has 2 amide bonds. The van der Waals surface area contributed by atoms with Gasteiger partial charge in [0.05, 0.1) is 20.5 Å². The summed E-state index contributed by atoms with van der Waals surface area (Å²) in [5.41, 5.74) is 3.08. The predicted molar refractivity (Wildman–Crippen MR) is 157 cm³/mol. The van der Waals surface area contributed by atoms with E-state index >= 15 is 0 Å². The molecule has 204 valence electrons. The lowest BCUT2D eigenvalue weighted by molar-refractivity contribution is -0.153. The number of ether oxygens (including phenoxy) is 1. The Balaban J connectivity index is 1.20. The number of carbonyl (C=O) groups excluding carboxylic acids is 3. The number of thioether (sulfide) groups is 1. The molecule has 0 unspecified atom stereocenters. The van der Waals surface area contributed by atoms with Crippen molar-refractivity contribution in [3.8, 4) is 0 Å². The first-order valence-electron chi connectivity index (χ1n) is 12.7. The molecule has 0 aliphatic carbocycles. The fourth-order valence-electron chi connectivity index (χ4n) is 4.91. The van der Waals surface area contributed by atoms with Gasteiger partial charge in [-0.15, -0.1) is 0 Å². The number of rotatable bonds is 4. The Hall–Kier alpha value is -3.60. The number of para-hydroxylation sites is 1. The first-order chi connectivity index (χ1) is 19.4. The number of cyclic esters (lactones) is 1. The summed E-state index contributed by atoms with van der Waals surface area (Å²) < 4.78 is 5.16. The SMILES string of the molecule is O=C1CC[C@H](C(=O)N2CCN(c3ccnc4ccc(C=C5SC(=Nc6c(Cl)cccc6Cl)NC5=O)cc34)CC2)O1. The quantitative estimate of drug-likeness (QED) is 0.341. The highest BCUT2D eigenvalue weighted by Gasteiger charge is 2.34. The van der Waals surface area contributed by atoms with Crippen LogP contribution in [0.2, 0.25) is 10.0 Å². The number of nitrogens with zero attached hydrogens (tertiary/aromatic N) is 4. The van der Waals surface area contributed by atoms with Crippen LogP contribution in [0.25, 0.3) is 17.0 Å². The molecule has 12 heteroatoms. The van der Waals surface area contributed by atoms with Crippen molar-refractivity contribution >= 4 is 86.3 Å². The van der Waals surface area contributed by atoms with E-state index in [1.54, 1.807) is 29.3 Å². The van der Waals surface area contributed by atoms with Crippen LogP contribution in [-0.2, 0) is 19.1 Å². The standard InChI is InChI=1S/C28H23Cl2N5O4S/c29-18-2-1-3-19(30)25(18)32-28-33-26(37)23(40-28)15-16-4-5-20-17(14-16)21(8-9-31-20)34-10-12-35(13-11-34)27(38)22-6-7-24(36)39-22/h1-5,8-9,14-15,22H,6-7,10-13H2,(H,32,33,37)/t22-/m1/s1. The van der Waals surface area contributed by atoms with Crippen LogP contribution in [0.15, 0.2) is 58.6 Å². The predicted octanol–water partition coefficient (Wildman–Crippen LogP) is 4.79. The molecule has 9 nitrogen and oxygen atoms in total. The molecule has 0 saturated carbocycles. The number of carbonyl (C=O) groups is 3. The lowest BCUT2D eigenvalue weighted by Crippen LogP contribution is -2.51. The number of anilines is 1. The number of nitrogens with one attached hydrogen (secondary N) is 1. The highest BCUT2D eigenvalue weighted by Crippen LogP contribution is 2.36. The maximum absolute atomic E-state index is 12.8. The first-order valence-corrected chi connectivity index (χ1v) is 14.3. The molecule has 0 spiro atoms. The number of aromatic nitrogens is 1. The van der Waals surface area contributed by atoms with Crippen molar-refractivity contribution in [2.75, 3.05) is 31.1 Å². The Morgan fingerprint density at radius 3 is 2.60 bits per heavy atom. The molecule has 6 rings (SSSR count). The maximum atomic E-state index is 12.8. The van der Waals surface area contributed by atoms with Crippen molar-refractivity contribution in [2.45, 2.75) is 18.9 Å². The van der Waals surface area contributed by atoms with Gasteiger partial charge in [-0.2, -0.15) is 0 Å². The van der Waals surface area contributed by atoms with Crippen molar-refractivity contribution in [1.82, 2.24) is 15.2 Å². The number of hydrogen-bond acceptors (Lipinski definition) is 8. The number of hydrogen-bond donors (Lipinski definition) is 1. The zero-order chi connectivity index (χ0) is 27.8. The number of esters is 1. The fraction of sp³-hybridized carbons (Fsp3) is 0.250. The molecule has 40 heavy (non-hydrogen) atoms. The van der Waals surface area contributed by atoms with Gasteiger partial charge in [-0.05, 0) is 53.7 Å². The monoisotopic (exact) mass is 595 g/mol. The smallest absolute Gasteiger partial charge is 0.306 e. The van der Waals surface area contributed by atoms with Gasteiger partial charge < -0.3 is 19.9 Å². The molecule has 4 heterocycles. The molecule has 2 aromatic carbocycles. The number of aliphatic imine (C=N–C) groups is 1. The molecule has 3 aliphatic rings. The van der Waals surface area contributed by atoms with E-state index in [0.717, 1.165) is 22.2 Å². The van der Waals surface area contributed by atoms with Gasteiger partial charge in [0.1, 0.15) is 5.69 Å². The van der Waals surface area contributed by atoms with Gasteiger partial charge in [0.2, 0.25) is 0 Å². The molecular weight excluding hydrogens is 573 g/mol.